The molecule has 1 aromatic rings. The van der Waals surface area contributed by atoms with Crippen LogP contribution in [0.5, 0.6) is 5.88 Å². The molecule has 2 rings (SSSR count). The third kappa shape index (κ3) is 3.48. The van der Waals surface area contributed by atoms with Crippen molar-refractivity contribution in [2.75, 3.05) is 13.7 Å². The van der Waals surface area contributed by atoms with Gasteiger partial charge in [-0.2, -0.15) is 0 Å². The minimum atomic E-state index is 0.107. The van der Waals surface area contributed by atoms with Gasteiger partial charge < -0.3 is 15.4 Å². The standard InChI is InChI=1S/C15H23N3O2/c1-11-13(16)4-3-9-18(11)15(19)8-6-12-5-7-14(20-2)17-10-12/h5,7,10-11,13H,3-4,6,8-9,16H2,1-2H3/t11-,13-/m1/s1. The lowest BCUT2D eigenvalue weighted by Gasteiger charge is -2.37. The van der Waals surface area contributed by atoms with E-state index in [2.05, 4.69) is 4.98 Å². The Morgan fingerprint density at radius 2 is 2.35 bits per heavy atom. The maximum absolute atomic E-state index is 12.3. The van der Waals surface area contributed by atoms with Crippen LogP contribution in [0.25, 0.3) is 0 Å². The van der Waals surface area contributed by atoms with Crippen LogP contribution in [0.2, 0.25) is 0 Å². The number of hydrogen-bond acceptors (Lipinski definition) is 4. The highest BCUT2D eigenvalue weighted by atomic mass is 16.5. The molecule has 1 amide bonds. The molecule has 0 radical (unpaired) electrons. The lowest BCUT2D eigenvalue weighted by molar-refractivity contribution is -0.134. The SMILES string of the molecule is COc1ccc(CCC(=O)N2CCC[C@@H](N)[C@H]2C)cn1. The summed E-state index contributed by atoms with van der Waals surface area (Å²) >= 11 is 0. The molecule has 110 valence electrons. The van der Waals surface area contributed by atoms with E-state index >= 15 is 0 Å². The molecule has 0 aromatic carbocycles. The van der Waals surface area contributed by atoms with Crippen LogP contribution in [0, 0.1) is 0 Å². The van der Waals surface area contributed by atoms with E-state index in [-0.39, 0.29) is 18.0 Å². The highest BCUT2D eigenvalue weighted by Gasteiger charge is 2.28. The number of ether oxygens (including phenoxy) is 1. The van der Waals surface area contributed by atoms with Crippen molar-refractivity contribution in [3.05, 3.63) is 23.9 Å². The van der Waals surface area contributed by atoms with Crippen molar-refractivity contribution in [2.24, 2.45) is 5.73 Å². The van der Waals surface area contributed by atoms with E-state index in [4.69, 9.17) is 10.5 Å². The number of pyridine rings is 1. The first-order valence-corrected chi connectivity index (χ1v) is 7.16. The summed E-state index contributed by atoms with van der Waals surface area (Å²) in [4.78, 5) is 18.3. The molecule has 0 bridgehead atoms. The molecule has 2 heterocycles. The topological polar surface area (TPSA) is 68.5 Å². The fourth-order valence-electron chi connectivity index (χ4n) is 2.60. The van der Waals surface area contributed by atoms with Gasteiger partial charge in [0.25, 0.3) is 0 Å². The molecule has 0 aliphatic carbocycles. The third-order valence-electron chi connectivity index (χ3n) is 4.00. The number of amides is 1. The lowest BCUT2D eigenvalue weighted by atomic mass is 9.97. The minimum Gasteiger partial charge on any atom is -0.481 e. The van der Waals surface area contributed by atoms with Gasteiger partial charge in [-0.3, -0.25) is 4.79 Å². The average molecular weight is 277 g/mol. The van der Waals surface area contributed by atoms with Crippen LogP contribution in [0.1, 0.15) is 31.7 Å². The number of nitrogens with two attached hydrogens (primary N) is 1. The summed E-state index contributed by atoms with van der Waals surface area (Å²) in [6.45, 7) is 2.87. The van der Waals surface area contributed by atoms with Crippen LogP contribution in [-0.4, -0.2) is 41.5 Å². The van der Waals surface area contributed by atoms with Gasteiger partial charge in [-0.25, -0.2) is 4.98 Å². The fraction of sp³-hybridized carbons (Fsp3) is 0.600. The molecule has 1 aliphatic heterocycles. The number of carbonyl (C=O) groups excluding carboxylic acids is 1. The van der Waals surface area contributed by atoms with Gasteiger partial charge in [0.1, 0.15) is 0 Å². The van der Waals surface area contributed by atoms with E-state index in [1.54, 1.807) is 13.3 Å². The maximum Gasteiger partial charge on any atom is 0.223 e. The Kier molecular flexibility index (Phi) is 4.95. The van der Waals surface area contributed by atoms with Gasteiger partial charge in [0.05, 0.1) is 7.11 Å². The molecule has 2 N–H and O–H groups in total. The first kappa shape index (κ1) is 14.8. The number of nitrogens with zero attached hydrogens (tertiary/aromatic N) is 2. The zero-order valence-corrected chi connectivity index (χ0v) is 12.2. The Bertz CT molecular complexity index is 447. The first-order valence-electron chi connectivity index (χ1n) is 7.16. The van der Waals surface area contributed by atoms with Gasteiger partial charge >= 0.3 is 0 Å². The zero-order chi connectivity index (χ0) is 14.5. The number of rotatable bonds is 4. The molecule has 0 spiro atoms. The van der Waals surface area contributed by atoms with Gasteiger partial charge in [-0.05, 0) is 31.7 Å². The Morgan fingerprint density at radius 3 is 3.00 bits per heavy atom. The van der Waals surface area contributed by atoms with E-state index in [9.17, 15) is 4.79 Å². The van der Waals surface area contributed by atoms with E-state index in [1.165, 1.54) is 0 Å². The minimum absolute atomic E-state index is 0.107. The van der Waals surface area contributed by atoms with E-state index in [0.717, 1.165) is 24.9 Å². The fourth-order valence-corrected chi connectivity index (χ4v) is 2.60. The number of piperidine rings is 1. The van der Waals surface area contributed by atoms with Crippen molar-refractivity contribution in [3.63, 3.8) is 0 Å². The van der Waals surface area contributed by atoms with Crippen molar-refractivity contribution >= 4 is 5.91 Å². The van der Waals surface area contributed by atoms with Crippen LogP contribution in [0.3, 0.4) is 0 Å². The van der Waals surface area contributed by atoms with E-state index in [1.807, 2.05) is 24.0 Å². The number of methoxy groups -OCH3 is 1. The molecule has 5 heteroatoms. The molecular weight excluding hydrogens is 254 g/mol. The molecule has 1 aromatic heterocycles. The predicted molar refractivity (Wildman–Crippen MR) is 77.5 cm³/mol. The number of aromatic nitrogens is 1. The number of likely N-dealkylation sites (tertiary alicyclic amines) is 1. The summed E-state index contributed by atoms with van der Waals surface area (Å²) in [5.74, 6) is 0.777. The zero-order valence-electron chi connectivity index (χ0n) is 12.2. The molecule has 1 saturated heterocycles. The second-order valence-corrected chi connectivity index (χ2v) is 5.34. The summed E-state index contributed by atoms with van der Waals surface area (Å²) in [6.07, 6.45) is 4.98. The van der Waals surface area contributed by atoms with Crippen LogP contribution in [-0.2, 0) is 11.2 Å². The maximum atomic E-state index is 12.3. The number of hydrogen-bond donors (Lipinski definition) is 1. The molecule has 1 aliphatic rings. The van der Waals surface area contributed by atoms with E-state index in [0.29, 0.717) is 18.7 Å². The van der Waals surface area contributed by atoms with Gasteiger partial charge in [-0.15, -0.1) is 0 Å². The molecule has 20 heavy (non-hydrogen) atoms. The van der Waals surface area contributed by atoms with Crippen molar-refractivity contribution in [1.82, 2.24) is 9.88 Å². The Morgan fingerprint density at radius 1 is 1.55 bits per heavy atom. The average Bonchev–Trinajstić information content (AvgIpc) is 2.48. The molecule has 1 fully saturated rings. The third-order valence-corrected chi connectivity index (χ3v) is 4.00. The van der Waals surface area contributed by atoms with Crippen molar-refractivity contribution in [3.8, 4) is 5.88 Å². The molecule has 0 unspecified atom stereocenters. The second-order valence-electron chi connectivity index (χ2n) is 5.34. The smallest absolute Gasteiger partial charge is 0.223 e. The van der Waals surface area contributed by atoms with Crippen LogP contribution >= 0.6 is 0 Å². The Balaban J connectivity index is 1.87. The molecule has 5 nitrogen and oxygen atoms in total. The van der Waals surface area contributed by atoms with Crippen LogP contribution in [0.15, 0.2) is 18.3 Å². The highest BCUT2D eigenvalue weighted by Crippen LogP contribution is 2.17. The summed E-state index contributed by atoms with van der Waals surface area (Å²) in [7, 11) is 1.59. The second kappa shape index (κ2) is 6.70. The number of carbonyl (C=O) groups is 1. The van der Waals surface area contributed by atoms with Crippen LogP contribution < -0.4 is 10.5 Å². The Labute approximate surface area is 120 Å². The first-order chi connectivity index (χ1) is 9.61. The van der Waals surface area contributed by atoms with Crippen molar-refractivity contribution in [1.29, 1.82) is 0 Å². The lowest BCUT2D eigenvalue weighted by Crippen LogP contribution is -2.52. The molecular formula is C15H23N3O2. The van der Waals surface area contributed by atoms with Crippen molar-refractivity contribution < 1.29 is 9.53 Å². The quantitative estimate of drug-likeness (QED) is 0.902. The van der Waals surface area contributed by atoms with Gasteiger partial charge in [0, 0.05) is 37.3 Å². The summed E-state index contributed by atoms with van der Waals surface area (Å²) in [5.41, 5.74) is 7.08. The highest BCUT2D eigenvalue weighted by molar-refractivity contribution is 5.77. The van der Waals surface area contributed by atoms with Gasteiger partial charge in [0.2, 0.25) is 11.8 Å². The van der Waals surface area contributed by atoms with Gasteiger partial charge in [-0.1, -0.05) is 6.07 Å². The van der Waals surface area contributed by atoms with Crippen LogP contribution in [0.4, 0.5) is 0 Å². The Hall–Kier alpha value is -1.62. The monoisotopic (exact) mass is 277 g/mol. The van der Waals surface area contributed by atoms with Crippen molar-refractivity contribution in [2.45, 2.75) is 44.7 Å². The summed E-state index contributed by atoms with van der Waals surface area (Å²) in [6, 6.07) is 4.02. The summed E-state index contributed by atoms with van der Waals surface area (Å²) in [5, 5.41) is 0. The molecule has 0 saturated carbocycles. The normalized spacial score (nSPS) is 22.6. The number of aryl methyl sites for hydroxylation is 1. The molecule has 2 atom stereocenters. The largest absolute Gasteiger partial charge is 0.481 e. The van der Waals surface area contributed by atoms with Gasteiger partial charge in [0.15, 0.2) is 0 Å². The summed E-state index contributed by atoms with van der Waals surface area (Å²) < 4.78 is 5.02. The predicted octanol–water partition coefficient (Wildman–Crippen LogP) is 1.36. The van der Waals surface area contributed by atoms with E-state index < -0.39 is 0 Å².